The minimum absolute atomic E-state index is 0.294. The van der Waals surface area contributed by atoms with Gasteiger partial charge in [-0.05, 0) is 42.5 Å². The lowest BCUT2D eigenvalue weighted by atomic mass is 10.1. The van der Waals surface area contributed by atoms with Crippen molar-refractivity contribution >= 4 is 29.1 Å². The number of hydrogen-bond acceptors (Lipinski definition) is 5. The fourth-order valence-electron chi connectivity index (χ4n) is 3.41. The van der Waals surface area contributed by atoms with Crippen molar-refractivity contribution in [2.24, 2.45) is 0 Å². The highest BCUT2D eigenvalue weighted by Crippen LogP contribution is 2.32. The number of nitrogens with one attached hydrogen (secondary N) is 1. The van der Waals surface area contributed by atoms with Crippen LogP contribution in [0.4, 0.5) is 11.4 Å². The van der Waals surface area contributed by atoms with E-state index in [1.165, 1.54) is 14.2 Å². The van der Waals surface area contributed by atoms with Crippen molar-refractivity contribution in [1.29, 1.82) is 0 Å². The molecule has 7 heteroatoms. The van der Waals surface area contributed by atoms with Crippen LogP contribution in [0.3, 0.4) is 0 Å². The van der Waals surface area contributed by atoms with E-state index in [2.05, 4.69) is 5.32 Å². The lowest BCUT2D eigenvalue weighted by molar-refractivity contribution is 0.0925. The molecule has 30 heavy (non-hydrogen) atoms. The fraction of sp³-hybridized carbons (Fsp3) is 0.0870. The van der Waals surface area contributed by atoms with Gasteiger partial charge in [0.05, 0.1) is 36.6 Å². The largest absolute Gasteiger partial charge is 0.493 e. The highest BCUT2D eigenvalue weighted by Gasteiger charge is 2.36. The van der Waals surface area contributed by atoms with Gasteiger partial charge >= 0.3 is 0 Å². The smallest absolute Gasteiger partial charge is 0.266 e. The van der Waals surface area contributed by atoms with Crippen LogP contribution in [0.25, 0.3) is 0 Å². The quantitative estimate of drug-likeness (QED) is 0.657. The summed E-state index contributed by atoms with van der Waals surface area (Å²) in [6.45, 7) is 0. The van der Waals surface area contributed by atoms with Crippen molar-refractivity contribution in [3.63, 3.8) is 0 Å². The Morgan fingerprint density at radius 1 is 0.833 bits per heavy atom. The first kappa shape index (κ1) is 19.2. The lowest BCUT2D eigenvalue weighted by Crippen LogP contribution is -2.29. The van der Waals surface area contributed by atoms with E-state index in [1.54, 1.807) is 66.7 Å². The van der Waals surface area contributed by atoms with Gasteiger partial charge in [-0.15, -0.1) is 0 Å². The van der Waals surface area contributed by atoms with Crippen LogP contribution in [-0.4, -0.2) is 31.9 Å². The molecule has 0 aromatic heterocycles. The summed E-state index contributed by atoms with van der Waals surface area (Å²) in [4.78, 5) is 39.3. The number of fused-ring (bicyclic) bond motifs is 1. The maximum atomic E-state index is 12.8. The third kappa shape index (κ3) is 3.16. The Kier molecular flexibility index (Phi) is 4.93. The second kappa shape index (κ2) is 7.71. The Bertz CT molecular complexity index is 1140. The van der Waals surface area contributed by atoms with Crippen molar-refractivity contribution in [3.8, 4) is 11.5 Å². The van der Waals surface area contributed by atoms with Gasteiger partial charge in [-0.2, -0.15) is 0 Å². The first-order chi connectivity index (χ1) is 14.5. The molecule has 1 aliphatic heterocycles. The molecule has 4 rings (SSSR count). The lowest BCUT2D eigenvalue weighted by Gasteiger charge is -2.16. The van der Waals surface area contributed by atoms with Gasteiger partial charge in [-0.1, -0.05) is 24.3 Å². The molecule has 1 N–H and O–H groups in total. The molecular formula is C23H18N2O5. The zero-order valence-corrected chi connectivity index (χ0v) is 16.3. The average Bonchev–Trinajstić information content (AvgIpc) is 3.03. The third-order valence-corrected chi connectivity index (χ3v) is 4.80. The summed E-state index contributed by atoms with van der Waals surface area (Å²) in [6, 6.07) is 18.2. The number of imide groups is 1. The molecule has 0 radical (unpaired) electrons. The van der Waals surface area contributed by atoms with E-state index < -0.39 is 17.7 Å². The number of anilines is 2. The maximum Gasteiger partial charge on any atom is 0.266 e. The standard InChI is InChI=1S/C23H18N2O5/c1-29-19-12-6-11-18(20(19)30-2)21(26)24-14-7-5-8-15(13-14)25-22(27)16-9-3-4-10-17(16)23(25)28/h3-13H,1-2H3,(H,24,26). The highest BCUT2D eigenvalue weighted by molar-refractivity contribution is 6.34. The minimum atomic E-state index is -0.412. The van der Waals surface area contributed by atoms with E-state index in [4.69, 9.17) is 9.47 Å². The van der Waals surface area contributed by atoms with Crippen LogP contribution in [0.15, 0.2) is 66.7 Å². The van der Waals surface area contributed by atoms with Crippen LogP contribution in [0.1, 0.15) is 31.1 Å². The molecule has 0 saturated heterocycles. The average molecular weight is 402 g/mol. The van der Waals surface area contributed by atoms with Crippen LogP contribution in [0, 0.1) is 0 Å². The van der Waals surface area contributed by atoms with Crippen molar-refractivity contribution in [2.45, 2.75) is 0 Å². The first-order valence-corrected chi connectivity index (χ1v) is 9.15. The molecule has 0 unspecified atom stereocenters. The summed E-state index contributed by atoms with van der Waals surface area (Å²) in [5.74, 6) is -0.453. The van der Waals surface area contributed by atoms with Gasteiger partial charge in [-0.3, -0.25) is 14.4 Å². The third-order valence-electron chi connectivity index (χ3n) is 4.80. The van der Waals surface area contributed by atoms with Gasteiger partial charge in [0.2, 0.25) is 0 Å². The molecule has 0 atom stereocenters. The van der Waals surface area contributed by atoms with Crippen molar-refractivity contribution in [1.82, 2.24) is 0 Å². The molecule has 1 aliphatic rings. The molecule has 0 fully saturated rings. The molecule has 1 heterocycles. The molecule has 0 saturated carbocycles. The van der Waals surface area contributed by atoms with E-state index >= 15 is 0 Å². The Morgan fingerprint density at radius 3 is 2.13 bits per heavy atom. The summed E-state index contributed by atoms with van der Waals surface area (Å²) in [7, 11) is 2.95. The van der Waals surface area contributed by atoms with Gasteiger partial charge in [-0.25, -0.2) is 4.90 Å². The molecule has 0 spiro atoms. The van der Waals surface area contributed by atoms with Gasteiger partial charge in [0.25, 0.3) is 17.7 Å². The molecule has 3 amide bonds. The van der Waals surface area contributed by atoms with E-state index in [0.29, 0.717) is 39.6 Å². The monoisotopic (exact) mass is 402 g/mol. The van der Waals surface area contributed by atoms with Gasteiger partial charge in [0, 0.05) is 5.69 Å². The normalized spacial score (nSPS) is 12.5. The molecule has 150 valence electrons. The summed E-state index contributed by atoms with van der Waals surface area (Å²) in [6.07, 6.45) is 0. The van der Waals surface area contributed by atoms with Crippen LogP contribution < -0.4 is 19.7 Å². The van der Waals surface area contributed by atoms with Crippen molar-refractivity contribution < 1.29 is 23.9 Å². The van der Waals surface area contributed by atoms with Crippen LogP contribution in [-0.2, 0) is 0 Å². The number of para-hydroxylation sites is 1. The molecule has 0 bridgehead atoms. The number of rotatable bonds is 5. The number of carbonyl (C=O) groups is 3. The van der Waals surface area contributed by atoms with Gasteiger partial charge in [0.15, 0.2) is 11.5 Å². The summed E-state index contributed by atoms with van der Waals surface area (Å²) in [5, 5.41) is 2.78. The molecule has 3 aromatic rings. The zero-order chi connectivity index (χ0) is 21.3. The zero-order valence-electron chi connectivity index (χ0n) is 16.3. The Balaban J connectivity index is 1.62. The van der Waals surface area contributed by atoms with Gasteiger partial charge in [0.1, 0.15) is 0 Å². The number of benzene rings is 3. The second-order valence-electron chi connectivity index (χ2n) is 6.54. The molecular weight excluding hydrogens is 384 g/mol. The highest BCUT2D eigenvalue weighted by atomic mass is 16.5. The SMILES string of the molecule is COc1cccc(C(=O)Nc2cccc(N3C(=O)c4ccccc4C3=O)c2)c1OC. The number of amides is 3. The summed E-state index contributed by atoms with van der Waals surface area (Å²) < 4.78 is 10.5. The minimum Gasteiger partial charge on any atom is -0.493 e. The van der Waals surface area contributed by atoms with Gasteiger partial charge < -0.3 is 14.8 Å². The van der Waals surface area contributed by atoms with Crippen LogP contribution in [0.5, 0.6) is 11.5 Å². The van der Waals surface area contributed by atoms with Crippen molar-refractivity contribution in [2.75, 3.05) is 24.4 Å². The predicted molar refractivity (Wildman–Crippen MR) is 112 cm³/mol. The van der Waals surface area contributed by atoms with Crippen molar-refractivity contribution in [3.05, 3.63) is 83.4 Å². The summed E-state index contributed by atoms with van der Waals surface area (Å²) in [5.41, 5.74) is 1.81. The predicted octanol–water partition coefficient (Wildman–Crippen LogP) is 3.76. The van der Waals surface area contributed by atoms with E-state index in [1.807, 2.05) is 0 Å². The number of nitrogens with zero attached hydrogens (tertiary/aromatic N) is 1. The first-order valence-electron chi connectivity index (χ1n) is 9.15. The number of methoxy groups -OCH3 is 2. The molecule has 0 aliphatic carbocycles. The number of ether oxygens (including phenoxy) is 2. The Labute approximate surface area is 172 Å². The van der Waals surface area contributed by atoms with E-state index in [9.17, 15) is 14.4 Å². The number of carbonyl (C=O) groups excluding carboxylic acids is 3. The summed E-state index contributed by atoms with van der Waals surface area (Å²) >= 11 is 0. The second-order valence-corrected chi connectivity index (χ2v) is 6.54. The van der Waals surface area contributed by atoms with E-state index in [-0.39, 0.29) is 0 Å². The fourth-order valence-corrected chi connectivity index (χ4v) is 3.41. The van der Waals surface area contributed by atoms with Crippen LogP contribution >= 0.6 is 0 Å². The Hall–Kier alpha value is -4.13. The van der Waals surface area contributed by atoms with Crippen LogP contribution in [0.2, 0.25) is 0 Å². The van der Waals surface area contributed by atoms with E-state index in [0.717, 1.165) is 4.90 Å². The molecule has 3 aromatic carbocycles. The topological polar surface area (TPSA) is 84.9 Å². The Morgan fingerprint density at radius 2 is 1.50 bits per heavy atom. The number of hydrogen-bond donors (Lipinski definition) is 1. The molecule has 7 nitrogen and oxygen atoms in total. The maximum absolute atomic E-state index is 12.8.